The second-order valence-corrected chi connectivity index (χ2v) is 6.49. The number of ether oxygens (including phenoxy) is 1. The van der Waals surface area contributed by atoms with Crippen molar-refractivity contribution in [3.63, 3.8) is 0 Å². The summed E-state index contributed by atoms with van der Waals surface area (Å²) in [4.78, 5) is 15.9. The zero-order valence-corrected chi connectivity index (χ0v) is 11.8. The van der Waals surface area contributed by atoms with Gasteiger partial charge in [-0.1, -0.05) is 5.92 Å². The Bertz CT molecular complexity index is 505. The van der Waals surface area contributed by atoms with Crippen molar-refractivity contribution in [1.82, 2.24) is 4.90 Å². The third kappa shape index (κ3) is 2.85. The highest BCUT2D eigenvalue weighted by Gasteiger charge is 2.26. The molecule has 18 heavy (non-hydrogen) atoms. The fourth-order valence-corrected chi connectivity index (χ4v) is 2.86. The maximum Gasteiger partial charge on any atom is 0.410 e. The first-order valence-corrected chi connectivity index (χ1v) is 6.77. The van der Waals surface area contributed by atoms with Crippen LogP contribution in [0.2, 0.25) is 0 Å². The van der Waals surface area contributed by atoms with Gasteiger partial charge < -0.3 is 9.64 Å². The van der Waals surface area contributed by atoms with E-state index in [-0.39, 0.29) is 6.09 Å². The van der Waals surface area contributed by atoms with E-state index in [9.17, 15) is 4.79 Å². The van der Waals surface area contributed by atoms with Crippen LogP contribution in [0, 0.1) is 12.3 Å². The Labute approximate surface area is 112 Å². The van der Waals surface area contributed by atoms with E-state index in [0.29, 0.717) is 13.1 Å². The van der Waals surface area contributed by atoms with Crippen molar-refractivity contribution in [3.8, 4) is 12.3 Å². The fraction of sp³-hybridized carbons (Fsp3) is 0.500. The van der Waals surface area contributed by atoms with Crippen molar-refractivity contribution in [2.75, 3.05) is 6.54 Å². The van der Waals surface area contributed by atoms with E-state index < -0.39 is 5.60 Å². The smallest absolute Gasteiger partial charge is 0.410 e. The van der Waals surface area contributed by atoms with Crippen LogP contribution in [0.5, 0.6) is 0 Å². The molecule has 1 aliphatic heterocycles. The third-order valence-electron chi connectivity index (χ3n) is 2.66. The highest BCUT2D eigenvalue weighted by atomic mass is 32.1. The zero-order valence-electron chi connectivity index (χ0n) is 10.9. The molecule has 0 aliphatic carbocycles. The third-order valence-corrected chi connectivity index (χ3v) is 3.83. The standard InChI is InChI=1S/C14H17NO2S/c1-5-11-8-10-9-15(7-6-12(10)18-11)13(16)17-14(2,3)4/h1,8H,6-7,9H2,2-4H3. The van der Waals surface area contributed by atoms with E-state index in [1.165, 1.54) is 4.88 Å². The summed E-state index contributed by atoms with van der Waals surface area (Å²) < 4.78 is 5.38. The lowest BCUT2D eigenvalue weighted by Gasteiger charge is -2.29. The lowest BCUT2D eigenvalue weighted by molar-refractivity contribution is 0.0225. The first kappa shape index (κ1) is 13.0. The second-order valence-electron chi connectivity index (χ2n) is 5.36. The van der Waals surface area contributed by atoms with Crippen LogP contribution >= 0.6 is 11.3 Å². The van der Waals surface area contributed by atoms with Gasteiger partial charge in [-0.15, -0.1) is 17.8 Å². The Morgan fingerprint density at radius 2 is 2.28 bits per heavy atom. The van der Waals surface area contributed by atoms with Crippen molar-refractivity contribution in [2.45, 2.75) is 39.3 Å². The molecule has 2 rings (SSSR count). The minimum absolute atomic E-state index is 0.249. The molecule has 0 spiro atoms. The van der Waals surface area contributed by atoms with Crippen LogP contribution in [0.25, 0.3) is 0 Å². The molecule has 1 amide bonds. The molecule has 96 valence electrons. The molecular weight excluding hydrogens is 246 g/mol. The van der Waals surface area contributed by atoms with E-state index in [0.717, 1.165) is 16.9 Å². The van der Waals surface area contributed by atoms with Gasteiger partial charge in [0.1, 0.15) is 5.60 Å². The molecular formula is C14H17NO2S. The number of carbonyl (C=O) groups excluding carboxylic acids is 1. The number of thiophene rings is 1. The van der Waals surface area contributed by atoms with Gasteiger partial charge in [0, 0.05) is 11.4 Å². The second kappa shape index (κ2) is 4.66. The Kier molecular flexibility index (Phi) is 3.36. The van der Waals surface area contributed by atoms with E-state index in [2.05, 4.69) is 5.92 Å². The molecule has 0 saturated carbocycles. The average Bonchev–Trinajstić information content (AvgIpc) is 2.68. The van der Waals surface area contributed by atoms with Gasteiger partial charge in [0.25, 0.3) is 0 Å². The molecule has 1 aromatic heterocycles. The number of hydrogen-bond donors (Lipinski definition) is 0. The van der Waals surface area contributed by atoms with Gasteiger partial charge in [0.05, 0.1) is 11.4 Å². The summed E-state index contributed by atoms with van der Waals surface area (Å²) in [6, 6.07) is 2.00. The minimum atomic E-state index is -0.448. The highest BCUT2D eigenvalue weighted by Crippen LogP contribution is 2.28. The van der Waals surface area contributed by atoms with Crippen LogP contribution in [-0.2, 0) is 17.7 Å². The van der Waals surface area contributed by atoms with Crippen LogP contribution in [0.1, 0.15) is 36.1 Å². The molecule has 0 N–H and O–H groups in total. The predicted octanol–water partition coefficient (Wildman–Crippen LogP) is 3.02. The maximum absolute atomic E-state index is 12.0. The summed E-state index contributed by atoms with van der Waals surface area (Å²) >= 11 is 1.65. The largest absolute Gasteiger partial charge is 0.444 e. The summed E-state index contributed by atoms with van der Waals surface area (Å²) in [5, 5.41) is 0. The minimum Gasteiger partial charge on any atom is -0.444 e. The quantitative estimate of drug-likeness (QED) is 0.673. The Morgan fingerprint density at radius 1 is 1.56 bits per heavy atom. The van der Waals surface area contributed by atoms with Gasteiger partial charge in [0.2, 0.25) is 0 Å². The van der Waals surface area contributed by atoms with Crippen LogP contribution in [0.3, 0.4) is 0 Å². The molecule has 1 aromatic rings. The monoisotopic (exact) mass is 263 g/mol. The van der Waals surface area contributed by atoms with Crippen molar-refractivity contribution >= 4 is 17.4 Å². The fourth-order valence-electron chi connectivity index (χ4n) is 1.89. The summed E-state index contributed by atoms with van der Waals surface area (Å²) in [6.45, 7) is 6.93. The van der Waals surface area contributed by atoms with Crippen molar-refractivity contribution in [2.24, 2.45) is 0 Å². The van der Waals surface area contributed by atoms with Gasteiger partial charge in [-0.3, -0.25) is 0 Å². The van der Waals surface area contributed by atoms with Gasteiger partial charge in [-0.25, -0.2) is 4.79 Å². The first-order chi connectivity index (χ1) is 8.39. The molecule has 3 nitrogen and oxygen atoms in total. The molecule has 1 aliphatic rings. The lowest BCUT2D eigenvalue weighted by atomic mass is 10.1. The van der Waals surface area contributed by atoms with Crippen LogP contribution in [-0.4, -0.2) is 23.1 Å². The summed E-state index contributed by atoms with van der Waals surface area (Å²) in [5.41, 5.74) is 0.709. The molecule has 0 atom stereocenters. The van der Waals surface area contributed by atoms with Crippen LogP contribution < -0.4 is 0 Å². The topological polar surface area (TPSA) is 29.5 Å². The predicted molar refractivity (Wildman–Crippen MR) is 72.6 cm³/mol. The molecule has 0 aromatic carbocycles. The van der Waals surface area contributed by atoms with Crippen LogP contribution in [0.15, 0.2) is 6.07 Å². The zero-order chi connectivity index (χ0) is 13.3. The number of hydrogen-bond acceptors (Lipinski definition) is 3. The lowest BCUT2D eigenvalue weighted by Crippen LogP contribution is -2.39. The van der Waals surface area contributed by atoms with E-state index in [1.54, 1.807) is 16.2 Å². The Hall–Kier alpha value is -1.47. The average molecular weight is 263 g/mol. The first-order valence-electron chi connectivity index (χ1n) is 5.95. The molecule has 0 unspecified atom stereocenters. The summed E-state index contributed by atoms with van der Waals surface area (Å²) in [6.07, 6.45) is 6.01. The number of nitrogens with zero attached hydrogens (tertiary/aromatic N) is 1. The SMILES string of the molecule is C#Cc1cc2c(s1)CCN(C(=O)OC(C)(C)C)C2. The highest BCUT2D eigenvalue weighted by molar-refractivity contribution is 7.12. The van der Waals surface area contributed by atoms with E-state index >= 15 is 0 Å². The number of carbonyl (C=O) groups is 1. The van der Waals surface area contributed by atoms with Gasteiger partial charge >= 0.3 is 6.09 Å². The normalized spacial score (nSPS) is 14.9. The van der Waals surface area contributed by atoms with Crippen molar-refractivity contribution in [3.05, 3.63) is 21.4 Å². The molecule has 4 heteroatoms. The number of terminal acetylenes is 1. The van der Waals surface area contributed by atoms with Gasteiger partial charge in [0.15, 0.2) is 0 Å². The molecule has 0 bridgehead atoms. The molecule has 0 radical (unpaired) electrons. The Balaban J connectivity index is 2.08. The molecule has 0 fully saturated rings. The molecule has 2 heterocycles. The van der Waals surface area contributed by atoms with Gasteiger partial charge in [-0.2, -0.15) is 0 Å². The summed E-state index contributed by atoms with van der Waals surface area (Å²) in [5.74, 6) is 2.65. The van der Waals surface area contributed by atoms with Crippen LogP contribution in [0.4, 0.5) is 4.79 Å². The number of rotatable bonds is 0. The van der Waals surface area contributed by atoms with E-state index in [4.69, 9.17) is 11.2 Å². The number of amides is 1. The molecule has 0 saturated heterocycles. The van der Waals surface area contributed by atoms with E-state index in [1.807, 2.05) is 26.8 Å². The Morgan fingerprint density at radius 3 is 2.89 bits per heavy atom. The van der Waals surface area contributed by atoms with Gasteiger partial charge in [-0.05, 0) is 38.8 Å². The van der Waals surface area contributed by atoms with Crippen molar-refractivity contribution in [1.29, 1.82) is 0 Å². The van der Waals surface area contributed by atoms with Crippen molar-refractivity contribution < 1.29 is 9.53 Å². The maximum atomic E-state index is 12.0. The summed E-state index contributed by atoms with van der Waals surface area (Å²) in [7, 11) is 0. The number of fused-ring (bicyclic) bond motifs is 1.